The third-order valence-corrected chi connectivity index (χ3v) is 8.13. The number of rotatable bonds is 3. The van der Waals surface area contributed by atoms with E-state index in [4.69, 9.17) is 0 Å². The second kappa shape index (κ2) is 7.25. The topological polar surface area (TPSA) is 57.7 Å². The van der Waals surface area contributed by atoms with Crippen molar-refractivity contribution in [1.82, 2.24) is 4.90 Å². The van der Waals surface area contributed by atoms with E-state index in [-0.39, 0.29) is 23.6 Å². The van der Waals surface area contributed by atoms with Crippen LogP contribution in [0.4, 0.5) is 5.69 Å². The van der Waals surface area contributed by atoms with Gasteiger partial charge in [0.2, 0.25) is 11.8 Å². The lowest BCUT2D eigenvalue weighted by Gasteiger charge is -2.35. The molecule has 2 aromatic carbocycles. The Morgan fingerprint density at radius 1 is 0.909 bits per heavy atom. The number of fused-ring (bicyclic) bond motifs is 5. The standard InChI is InChI=1S/C27H22N2O3S/c1-15-9-10-18(14-16(15)2)29-26(31)21-22(27(29)32)24(25(30)20-8-5-13-33-20)28-12-11-17-6-3-4-7-19(17)23(21)28/h3-14,21-24H,1-2H3/t21-,22+,23-,24-/m0/s1. The summed E-state index contributed by atoms with van der Waals surface area (Å²) in [6.07, 6.45) is 3.86. The first-order chi connectivity index (χ1) is 16.0. The molecular formula is C27H22N2O3S. The van der Waals surface area contributed by atoms with Crippen molar-refractivity contribution in [2.45, 2.75) is 25.9 Å². The highest BCUT2D eigenvalue weighted by Crippen LogP contribution is 2.53. The van der Waals surface area contributed by atoms with Crippen molar-refractivity contribution < 1.29 is 14.4 Å². The van der Waals surface area contributed by atoms with Crippen LogP contribution in [-0.4, -0.2) is 28.5 Å². The van der Waals surface area contributed by atoms with E-state index in [0.717, 1.165) is 22.3 Å². The van der Waals surface area contributed by atoms with Gasteiger partial charge in [-0.15, -0.1) is 11.3 Å². The molecule has 1 aromatic heterocycles. The molecule has 2 saturated heterocycles. The Morgan fingerprint density at radius 2 is 1.70 bits per heavy atom. The molecule has 0 bridgehead atoms. The Kier molecular flexibility index (Phi) is 4.42. The van der Waals surface area contributed by atoms with Crippen molar-refractivity contribution in [2.24, 2.45) is 11.8 Å². The van der Waals surface area contributed by atoms with Crippen LogP contribution in [0.25, 0.3) is 6.08 Å². The van der Waals surface area contributed by atoms with Crippen molar-refractivity contribution >= 4 is 40.7 Å². The molecule has 0 spiro atoms. The number of ketones is 1. The highest BCUT2D eigenvalue weighted by Gasteiger charge is 2.64. The fourth-order valence-electron chi connectivity index (χ4n) is 5.54. The molecule has 3 aromatic rings. The summed E-state index contributed by atoms with van der Waals surface area (Å²) in [5.41, 5.74) is 4.70. The number of anilines is 1. The van der Waals surface area contributed by atoms with Crippen LogP contribution in [0, 0.1) is 25.7 Å². The van der Waals surface area contributed by atoms with Crippen molar-refractivity contribution in [3.63, 3.8) is 0 Å². The zero-order valence-electron chi connectivity index (χ0n) is 18.3. The number of carbonyl (C=O) groups excluding carboxylic acids is 3. The Balaban J connectivity index is 1.51. The molecule has 5 nitrogen and oxygen atoms in total. The van der Waals surface area contributed by atoms with Gasteiger partial charge in [0.1, 0.15) is 6.04 Å². The molecule has 2 amide bonds. The molecular weight excluding hydrogens is 432 g/mol. The predicted molar refractivity (Wildman–Crippen MR) is 128 cm³/mol. The average molecular weight is 455 g/mol. The van der Waals surface area contributed by atoms with Crippen LogP contribution in [0.5, 0.6) is 0 Å². The van der Waals surface area contributed by atoms with Crippen molar-refractivity contribution in [3.8, 4) is 0 Å². The lowest BCUT2D eigenvalue weighted by atomic mass is 9.84. The number of amides is 2. The second-order valence-electron chi connectivity index (χ2n) is 8.96. The maximum atomic E-state index is 13.9. The van der Waals surface area contributed by atoms with E-state index in [0.29, 0.717) is 10.6 Å². The van der Waals surface area contributed by atoms with E-state index < -0.39 is 17.9 Å². The first kappa shape index (κ1) is 20.1. The molecule has 6 heteroatoms. The smallest absolute Gasteiger partial charge is 0.240 e. The number of aryl methyl sites for hydroxylation is 2. The van der Waals surface area contributed by atoms with Gasteiger partial charge in [-0.05, 0) is 65.8 Å². The largest absolute Gasteiger partial charge is 0.358 e. The minimum absolute atomic E-state index is 0.102. The molecule has 3 aliphatic heterocycles. The molecule has 3 aliphatic rings. The van der Waals surface area contributed by atoms with Gasteiger partial charge in [0.15, 0.2) is 5.78 Å². The summed E-state index contributed by atoms with van der Waals surface area (Å²) in [4.78, 5) is 45.2. The molecule has 164 valence electrons. The van der Waals surface area contributed by atoms with Crippen molar-refractivity contribution in [3.05, 3.63) is 93.3 Å². The quantitative estimate of drug-likeness (QED) is 0.423. The van der Waals surface area contributed by atoms with Gasteiger partial charge in [-0.25, -0.2) is 4.90 Å². The Morgan fingerprint density at radius 3 is 2.45 bits per heavy atom. The fourth-order valence-corrected chi connectivity index (χ4v) is 6.24. The first-order valence-electron chi connectivity index (χ1n) is 11.0. The van der Waals surface area contributed by atoms with E-state index >= 15 is 0 Å². The Hall–Kier alpha value is -3.51. The number of Topliss-reactive ketones (excluding diaryl/α,β-unsaturated/α-hetero) is 1. The molecule has 33 heavy (non-hydrogen) atoms. The summed E-state index contributed by atoms with van der Waals surface area (Å²) >= 11 is 1.37. The SMILES string of the molecule is Cc1ccc(N2C(=O)[C@@H]3[C@H](C2=O)[C@@H]2c4ccccc4C=CN2[C@@H]3C(=O)c2cccs2)cc1C. The molecule has 0 unspecified atom stereocenters. The van der Waals surface area contributed by atoms with E-state index in [2.05, 4.69) is 0 Å². The van der Waals surface area contributed by atoms with Gasteiger partial charge in [0, 0.05) is 6.20 Å². The predicted octanol–water partition coefficient (Wildman–Crippen LogP) is 4.76. The summed E-state index contributed by atoms with van der Waals surface area (Å²) in [6.45, 7) is 3.97. The maximum absolute atomic E-state index is 13.9. The number of imide groups is 1. The summed E-state index contributed by atoms with van der Waals surface area (Å²) in [7, 11) is 0. The molecule has 0 N–H and O–H groups in total. The van der Waals surface area contributed by atoms with Gasteiger partial charge in [-0.1, -0.05) is 36.4 Å². The highest BCUT2D eigenvalue weighted by atomic mass is 32.1. The molecule has 6 rings (SSSR count). The average Bonchev–Trinajstić information content (AvgIpc) is 3.52. The molecule has 0 aliphatic carbocycles. The monoisotopic (exact) mass is 454 g/mol. The number of carbonyl (C=O) groups is 3. The lowest BCUT2D eigenvalue weighted by Crippen LogP contribution is -2.44. The number of thiophene rings is 1. The fraction of sp³-hybridized carbons (Fsp3) is 0.222. The van der Waals surface area contributed by atoms with Crippen molar-refractivity contribution in [2.75, 3.05) is 4.90 Å². The molecule has 4 atom stereocenters. The third-order valence-electron chi connectivity index (χ3n) is 7.24. The van der Waals surface area contributed by atoms with Crippen LogP contribution in [-0.2, 0) is 9.59 Å². The normalized spacial score (nSPS) is 25.3. The molecule has 4 heterocycles. The van der Waals surface area contributed by atoms with Gasteiger partial charge in [-0.2, -0.15) is 0 Å². The van der Waals surface area contributed by atoms with Gasteiger partial charge in [0.25, 0.3) is 0 Å². The van der Waals surface area contributed by atoms with Crippen molar-refractivity contribution in [1.29, 1.82) is 0 Å². The Labute approximate surface area is 195 Å². The van der Waals surface area contributed by atoms with E-state index in [1.165, 1.54) is 16.2 Å². The van der Waals surface area contributed by atoms with Crippen LogP contribution in [0.15, 0.2) is 66.2 Å². The van der Waals surface area contributed by atoms with Gasteiger partial charge < -0.3 is 4.90 Å². The van der Waals surface area contributed by atoms with Gasteiger partial charge in [0.05, 0.1) is 28.4 Å². The highest BCUT2D eigenvalue weighted by molar-refractivity contribution is 7.12. The Bertz CT molecular complexity index is 1340. The van der Waals surface area contributed by atoms with Gasteiger partial charge in [-0.3, -0.25) is 14.4 Å². The third kappa shape index (κ3) is 2.80. The summed E-state index contributed by atoms with van der Waals surface area (Å²) in [6, 6.07) is 16.1. The summed E-state index contributed by atoms with van der Waals surface area (Å²) in [5.74, 6) is -1.96. The maximum Gasteiger partial charge on any atom is 0.240 e. The number of benzene rings is 2. The van der Waals surface area contributed by atoms with Gasteiger partial charge >= 0.3 is 0 Å². The molecule has 2 fully saturated rings. The first-order valence-corrected chi connectivity index (χ1v) is 11.9. The van der Waals surface area contributed by atoms with Crippen LogP contribution < -0.4 is 4.90 Å². The lowest BCUT2D eigenvalue weighted by molar-refractivity contribution is -0.123. The minimum atomic E-state index is -0.727. The summed E-state index contributed by atoms with van der Waals surface area (Å²) in [5, 5.41) is 1.86. The number of hydrogen-bond acceptors (Lipinski definition) is 5. The molecule has 0 saturated carbocycles. The van der Waals surface area contributed by atoms with Crippen LogP contribution >= 0.6 is 11.3 Å². The van der Waals surface area contributed by atoms with E-state index in [9.17, 15) is 14.4 Å². The van der Waals surface area contributed by atoms with E-state index in [1.807, 2.05) is 84.9 Å². The minimum Gasteiger partial charge on any atom is -0.358 e. The number of nitrogens with zero attached hydrogens (tertiary/aromatic N) is 2. The van der Waals surface area contributed by atoms with Crippen LogP contribution in [0.2, 0.25) is 0 Å². The zero-order chi connectivity index (χ0) is 22.9. The summed E-state index contributed by atoms with van der Waals surface area (Å²) < 4.78 is 0. The number of hydrogen-bond donors (Lipinski definition) is 0. The second-order valence-corrected chi connectivity index (χ2v) is 9.90. The van der Waals surface area contributed by atoms with Crippen LogP contribution in [0.1, 0.15) is 38.0 Å². The molecule has 0 radical (unpaired) electrons. The zero-order valence-corrected chi connectivity index (χ0v) is 19.1. The van der Waals surface area contributed by atoms with Crippen LogP contribution in [0.3, 0.4) is 0 Å². The van der Waals surface area contributed by atoms with E-state index in [1.54, 1.807) is 6.07 Å².